The van der Waals surface area contributed by atoms with Crippen molar-refractivity contribution < 1.29 is 0 Å². The molecule has 0 N–H and O–H groups in total. The number of rotatable bonds is 2. The SMILES string of the molecule is CC(C)CC1=Cc2ccccc2C1(Br)Br. The van der Waals surface area contributed by atoms with Crippen molar-refractivity contribution >= 4 is 37.9 Å². The van der Waals surface area contributed by atoms with Gasteiger partial charge in [0.1, 0.15) is 3.23 Å². The molecule has 1 aromatic carbocycles. The lowest BCUT2D eigenvalue weighted by atomic mass is 10.0. The predicted molar refractivity (Wildman–Crippen MR) is 73.4 cm³/mol. The van der Waals surface area contributed by atoms with E-state index >= 15 is 0 Å². The van der Waals surface area contributed by atoms with Gasteiger partial charge in [-0.05, 0) is 29.0 Å². The van der Waals surface area contributed by atoms with Crippen molar-refractivity contribution in [1.29, 1.82) is 0 Å². The Labute approximate surface area is 108 Å². The maximum absolute atomic E-state index is 3.78. The minimum atomic E-state index is -0.138. The molecule has 80 valence electrons. The van der Waals surface area contributed by atoms with Crippen molar-refractivity contribution in [2.24, 2.45) is 5.92 Å². The standard InChI is InChI=1S/C13H14Br2/c1-9(2)7-11-8-10-5-3-4-6-12(10)13(11,14)15/h3-6,8-9H,7H2,1-2H3. The molecule has 0 saturated carbocycles. The molecule has 0 aromatic heterocycles. The van der Waals surface area contributed by atoms with Gasteiger partial charge in [-0.25, -0.2) is 0 Å². The van der Waals surface area contributed by atoms with Crippen LogP contribution in [-0.4, -0.2) is 0 Å². The Hall–Kier alpha value is -0.0800. The third-order valence-electron chi connectivity index (χ3n) is 2.66. The molecule has 1 aliphatic carbocycles. The van der Waals surface area contributed by atoms with E-state index < -0.39 is 0 Å². The molecule has 2 rings (SSSR count). The zero-order valence-electron chi connectivity index (χ0n) is 8.93. The number of hydrogen-bond donors (Lipinski definition) is 0. The van der Waals surface area contributed by atoms with E-state index in [1.54, 1.807) is 0 Å². The molecule has 0 amide bonds. The van der Waals surface area contributed by atoms with Gasteiger partial charge in [0.05, 0.1) is 0 Å². The van der Waals surface area contributed by atoms with Crippen LogP contribution in [0.25, 0.3) is 6.08 Å². The van der Waals surface area contributed by atoms with Crippen LogP contribution in [-0.2, 0) is 3.23 Å². The maximum Gasteiger partial charge on any atom is 0.127 e. The van der Waals surface area contributed by atoms with Gasteiger partial charge < -0.3 is 0 Å². The third-order valence-corrected chi connectivity index (χ3v) is 4.53. The Balaban J connectivity index is 2.40. The summed E-state index contributed by atoms with van der Waals surface area (Å²) in [5.74, 6) is 0.681. The normalized spacial score (nSPS) is 17.8. The van der Waals surface area contributed by atoms with Crippen LogP contribution in [0, 0.1) is 5.92 Å². The predicted octanol–water partition coefficient (Wildman–Crippen LogP) is 5.07. The summed E-state index contributed by atoms with van der Waals surface area (Å²) in [5.41, 5.74) is 4.06. The van der Waals surface area contributed by atoms with E-state index in [9.17, 15) is 0 Å². The van der Waals surface area contributed by atoms with E-state index in [4.69, 9.17) is 0 Å². The van der Waals surface area contributed by atoms with Crippen LogP contribution in [0.5, 0.6) is 0 Å². The number of benzene rings is 1. The zero-order valence-corrected chi connectivity index (χ0v) is 12.1. The minimum absolute atomic E-state index is 0.138. The first-order valence-corrected chi connectivity index (χ1v) is 6.79. The molecule has 1 aromatic rings. The van der Waals surface area contributed by atoms with Crippen molar-refractivity contribution in [1.82, 2.24) is 0 Å². The highest BCUT2D eigenvalue weighted by molar-refractivity contribution is 9.25. The van der Waals surface area contributed by atoms with Crippen molar-refractivity contribution in [2.45, 2.75) is 23.5 Å². The van der Waals surface area contributed by atoms with Gasteiger partial charge in [0.2, 0.25) is 0 Å². The average molecular weight is 330 g/mol. The summed E-state index contributed by atoms with van der Waals surface area (Å²) in [6.07, 6.45) is 3.41. The van der Waals surface area contributed by atoms with Gasteiger partial charge in [0, 0.05) is 0 Å². The number of allylic oxidation sites excluding steroid dienone is 1. The van der Waals surface area contributed by atoms with Crippen LogP contribution >= 0.6 is 31.9 Å². The summed E-state index contributed by atoms with van der Waals surface area (Å²) >= 11 is 7.57. The van der Waals surface area contributed by atoms with E-state index in [-0.39, 0.29) is 3.23 Å². The van der Waals surface area contributed by atoms with Crippen LogP contribution in [0.3, 0.4) is 0 Å². The molecule has 0 saturated heterocycles. The summed E-state index contributed by atoms with van der Waals surface area (Å²) in [4.78, 5) is 0. The highest BCUT2D eigenvalue weighted by atomic mass is 79.9. The van der Waals surface area contributed by atoms with Crippen molar-refractivity contribution in [2.75, 3.05) is 0 Å². The van der Waals surface area contributed by atoms with E-state index in [1.807, 2.05) is 0 Å². The molecule has 0 atom stereocenters. The third kappa shape index (κ3) is 2.07. The summed E-state index contributed by atoms with van der Waals surface area (Å²) < 4.78 is -0.138. The van der Waals surface area contributed by atoms with E-state index in [2.05, 4.69) is 76.0 Å². The number of halogens is 2. The lowest BCUT2D eigenvalue weighted by Gasteiger charge is -2.21. The first-order valence-electron chi connectivity index (χ1n) is 5.20. The van der Waals surface area contributed by atoms with Crippen molar-refractivity contribution in [3.05, 3.63) is 41.0 Å². The lowest BCUT2D eigenvalue weighted by Crippen LogP contribution is -2.10. The molecule has 0 radical (unpaired) electrons. The van der Waals surface area contributed by atoms with Crippen LogP contribution in [0.1, 0.15) is 31.4 Å². The maximum atomic E-state index is 3.78. The summed E-state index contributed by atoms with van der Waals surface area (Å²) in [6, 6.07) is 8.51. The van der Waals surface area contributed by atoms with Gasteiger partial charge in [0.25, 0.3) is 0 Å². The smallest absolute Gasteiger partial charge is 0.0625 e. The summed E-state index contributed by atoms with van der Waals surface area (Å²) in [6.45, 7) is 4.50. The minimum Gasteiger partial charge on any atom is -0.0625 e. The molecule has 0 heterocycles. The molecular weight excluding hydrogens is 316 g/mol. The Morgan fingerprint density at radius 3 is 2.47 bits per heavy atom. The van der Waals surface area contributed by atoms with Crippen LogP contribution in [0.2, 0.25) is 0 Å². The van der Waals surface area contributed by atoms with Crippen LogP contribution in [0.15, 0.2) is 29.8 Å². The quantitative estimate of drug-likeness (QED) is 0.664. The van der Waals surface area contributed by atoms with Gasteiger partial charge in [-0.1, -0.05) is 76.0 Å². The average Bonchev–Trinajstić information content (AvgIpc) is 2.39. The lowest BCUT2D eigenvalue weighted by molar-refractivity contribution is 0.633. The van der Waals surface area contributed by atoms with E-state index in [0.29, 0.717) is 5.92 Å². The largest absolute Gasteiger partial charge is 0.127 e. The van der Waals surface area contributed by atoms with Gasteiger partial charge >= 0.3 is 0 Å². The highest BCUT2D eigenvalue weighted by Crippen LogP contribution is 2.53. The molecule has 0 spiro atoms. The first-order chi connectivity index (χ1) is 7.01. The van der Waals surface area contributed by atoms with Crippen molar-refractivity contribution in [3.63, 3.8) is 0 Å². The topological polar surface area (TPSA) is 0 Å². The van der Waals surface area contributed by atoms with Gasteiger partial charge in [-0.2, -0.15) is 0 Å². The second kappa shape index (κ2) is 4.06. The Morgan fingerprint density at radius 2 is 1.87 bits per heavy atom. The fourth-order valence-corrected chi connectivity index (χ4v) is 3.26. The number of alkyl halides is 2. The molecule has 1 aliphatic rings. The van der Waals surface area contributed by atoms with Crippen LogP contribution < -0.4 is 0 Å². The molecule has 0 nitrogen and oxygen atoms in total. The van der Waals surface area contributed by atoms with E-state index in [0.717, 1.165) is 6.42 Å². The Bertz CT molecular complexity index is 403. The van der Waals surface area contributed by atoms with Crippen molar-refractivity contribution in [3.8, 4) is 0 Å². The van der Waals surface area contributed by atoms with Gasteiger partial charge in [-0.3, -0.25) is 0 Å². The summed E-state index contributed by atoms with van der Waals surface area (Å²) in [7, 11) is 0. The number of fused-ring (bicyclic) bond motifs is 1. The summed E-state index contributed by atoms with van der Waals surface area (Å²) in [5, 5.41) is 0. The molecular formula is C13H14Br2. The molecule has 0 fully saturated rings. The number of hydrogen-bond acceptors (Lipinski definition) is 0. The molecule has 0 unspecified atom stereocenters. The van der Waals surface area contributed by atoms with Crippen LogP contribution in [0.4, 0.5) is 0 Å². The fraction of sp³-hybridized carbons (Fsp3) is 0.385. The fourth-order valence-electron chi connectivity index (χ4n) is 1.99. The first kappa shape index (κ1) is 11.4. The highest BCUT2D eigenvalue weighted by Gasteiger charge is 2.36. The Morgan fingerprint density at radius 1 is 1.20 bits per heavy atom. The molecule has 0 aliphatic heterocycles. The van der Waals surface area contributed by atoms with Gasteiger partial charge in [0.15, 0.2) is 0 Å². The van der Waals surface area contributed by atoms with E-state index in [1.165, 1.54) is 16.7 Å². The van der Waals surface area contributed by atoms with Gasteiger partial charge in [-0.15, -0.1) is 0 Å². The second-order valence-corrected chi connectivity index (χ2v) is 7.87. The monoisotopic (exact) mass is 328 g/mol. The molecule has 15 heavy (non-hydrogen) atoms. The Kier molecular flexibility index (Phi) is 3.09. The molecule has 0 bridgehead atoms. The molecule has 2 heteroatoms. The zero-order chi connectivity index (χ0) is 11.1. The second-order valence-electron chi connectivity index (χ2n) is 4.43.